The third kappa shape index (κ3) is 2.82. The summed E-state index contributed by atoms with van der Waals surface area (Å²) in [6.07, 6.45) is 0.0682. The highest BCUT2D eigenvalue weighted by Gasteiger charge is 2.12. The second kappa shape index (κ2) is 5.87. The number of hydrogen-bond acceptors (Lipinski definition) is 4. The lowest BCUT2D eigenvalue weighted by atomic mass is 10.1. The fourth-order valence-corrected chi connectivity index (χ4v) is 3.92. The number of benzene rings is 1. The zero-order valence-electron chi connectivity index (χ0n) is 11.1. The third-order valence-corrected chi connectivity index (χ3v) is 5.01. The Bertz CT molecular complexity index is 687. The van der Waals surface area contributed by atoms with Crippen molar-refractivity contribution in [1.29, 1.82) is 0 Å². The van der Waals surface area contributed by atoms with Crippen LogP contribution in [0.15, 0.2) is 46.5 Å². The minimum atomic E-state index is -0.491. The summed E-state index contributed by atoms with van der Waals surface area (Å²) < 4.78 is 0. The lowest BCUT2D eigenvalue weighted by Gasteiger charge is -2.08. The Balaban J connectivity index is 1.77. The number of aryl methyl sites for hydroxylation is 1. The van der Waals surface area contributed by atoms with Crippen molar-refractivity contribution >= 4 is 22.7 Å². The Kier molecular flexibility index (Phi) is 3.96. The molecule has 20 heavy (non-hydrogen) atoms. The molecule has 3 rings (SSSR count). The predicted molar refractivity (Wildman–Crippen MR) is 85.3 cm³/mol. The van der Waals surface area contributed by atoms with Gasteiger partial charge in [0.1, 0.15) is 5.01 Å². The first-order valence-corrected chi connectivity index (χ1v) is 8.27. The first-order chi connectivity index (χ1) is 9.74. The maximum atomic E-state index is 10.2. The Labute approximate surface area is 126 Å². The van der Waals surface area contributed by atoms with Crippen LogP contribution < -0.4 is 0 Å². The summed E-state index contributed by atoms with van der Waals surface area (Å²) in [4.78, 5) is 4.64. The Morgan fingerprint density at radius 3 is 2.65 bits per heavy atom. The molecule has 2 aromatic heterocycles. The average Bonchev–Trinajstić information content (AvgIpc) is 3.08. The molecule has 0 amide bonds. The van der Waals surface area contributed by atoms with E-state index >= 15 is 0 Å². The highest BCUT2D eigenvalue weighted by Crippen LogP contribution is 2.30. The number of nitrogens with zero attached hydrogens (tertiary/aromatic N) is 1. The number of aromatic nitrogens is 1. The molecule has 0 aliphatic rings. The molecular formula is C16H15NOS2. The van der Waals surface area contributed by atoms with Crippen molar-refractivity contribution in [2.75, 3.05) is 0 Å². The SMILES string of the molecule is Cc1cscc1-c1nc(CC(O)c2ccccc2)cs1. The van der Waals surface area contributed by atoms with Crippen molar-refractivity contribution in [2.45, 2.75) is 19.4 Å². The molecule has 3 aromatic rings. The van der Waals surface area contributed by atoms with Crippen molar-refractivity contribution in [1.82, 2.24) is 4.98 Å². The van der Waals surface area contributed by atoms with Crippen LogP contribution in [0.5, 0.6) is 0 Å². The van der Waals surface area contributed by atoms with E-state index in [1.54, 1.807) is 22.7 Å². The van der Waals surface area contributed by atoms with Crippen LogP contribution in [0.25, 0.3) is 10.6 Å². The van der Waals surface area contributed by atoms with Gasteiger partial charge < -0.3 is 5.11 Å². The maximum Gasteiger partial charge on any atom is 0.124 e. The molecule has 0 spiro atoms. The average molecular weight is 301 g/mol. The molecule has 0 saturated carbocycles. The van der Waals surface area contributed by atoms with Crippen LogP contribution in [0.4, 0.5) is 0 Å². The number of hydrogen-bond donors (Lipinski definition) is 1. The van der Waals surface area contributed by atoms with E-state index in [9.17, 15) is 5.11 Å². The van der Waals surface area contributed by atoms with Gasteiger partial charge in [-0.15, -0.1) is 11.3 Å². The standard InChI is InChI=1S/C16H15NOS2/c1-11-8-19-10-14(11)16-17-13(9-20-16)7-15(18)12-5-3-2-4-6-12/h2-6,8-10,15,18H,7H2,1H3. The molecule has 1 aromatic carbocycles. The lowest BCUT2D eigenvalue weighted by molar-refractivity contribution is 0.177. The molecule has 0 bridgehead atoms. The van der Waals surface area contributed by atoms with E-state index in [4.69, 9.17) is 0 Å². The molecule has 0 saturated heterocycles. The van der Waals surface area contributed by atoms with Gasteiger partial charge in [-0.2, -0.15) is 11.3 Å². The molecule has 4 heteroatoms. The molecule has 1 atom stereocenters. The van der Waals surface area contributed by atoms with Crippen molar-refractivity contribution in [2.24, 2.45) is 0 Å². The molecule has 102 valence electrons. The summed E-state index contributed by atoms with van der Waals surface area (Å²) in [7, 11) is 0. The minimum absolute atomic E-state index is 0.491. The minimum Gasteiger partial charge on any atom is -0.388 e. The van der Waals surface area contributed by atoms with Gasteiger partial charge in [-0.3, -0.25) is 0 Å². The fourth-order valence-electron chi connectivity index (χ4n) is 2.10. The number of thiazole rings is 1. The summed E-state index contributed by atoms with van der Waals surface area (Å²) in [5, 5.41) is 17.6. The van der Waals surface area contributed by atoms with Crippen molar-refractivity contribution in [3.05, 3.63) is 63.3 Å². The lowest BCUT2D eigenvalue weighted by Crippen LogP contribution is -2.01. The van der Waals surface area contributed by atoms with Gasteiger partial charge in [0, 0.05) is 22.7 Å². The van der Waals surface area contributed by atoms with Crippen LogP contribution in [0.3, 0.4) is 0 Å². The predicted octanol–water partition coefficient (Wildman–Crippen LogP) is 4.46. The summed E-state index contributed by atoms with van der Waals surface area (Å²) >= 11 is 3.34. The van der Waals surface area contributed by atoms with Gasteiger partial charge >= 0.3 is 0 Å². The molecule has 1 N–H and O–H groups in total. The van der Waals surface area contributed by atoms with E-state index in [1.165, 1.54) is 11.1 Å². The first-order valence-electron chi connectivity index (χ1n) is 6.44. The van der Waals surface area contributed by atoms with Gasteiger partial charge in [-0.25, -0.2) is 4.98 Å². The fraction of sp³-hybridized carbons (Fsp3) is 0.188. The number of aliphatic hydroxyl groups is 1. The summed E-state index contributed by atoms with van der Waals surface area (Å²) in [5.74, 6) is 0. The molecular weight excluding hydrogens is 286 g/mol. The highest BCUT2D eigenvalue weighted by molar-refractivity contribution is 7.14. The van der Waals surface area contributed by atoms with Gasteiger partial charge in [0.25, 0.3) is 0 Å². The highest BCUT2D eigenvalue weighted by atomic mass is 32.1. The van der Waals surface area contributed by atoms with Crippen LogP contribution >= 0.6 is 22.7 Å². The van der Waals surface area contributed by atoms with Crippen LogP contribution in [-0.4, -0.2) is 10.1 Å². The second-order valence-corrected chi connectivity index (χ2v) is 6.34. The number of thiophene rings is 1. The molecule has 0 aliphatic heterocycles. The molecule has 0 aliphatic carbocycles. The second-order valence-electron chi connectivity index (χ2n) is 4.74. The van der Waals surface area contributed by atoms with Gasteiger partial charge in [-0.05, 0) is 23.4 Å². The van der Waals surface area contributed by atoms with E-state index < -0.39 is 6.10 Å². The van der Waals surface area contributed by atoms with E-state index in [1.807, 2.05) is 35.7 Å². The smallest absolute Gasteiger partial charge is 0.124 e. The topological polar surface area (TPSA) is 33.1 Å². The van der Waals surface area contributed by atoms with E-state index in [2.05, 4.69) is 22.7 Å². The number of aliphatic hydroxyl groups excluding tert-OH is 1. The zero-order chi connectivity index (χ0) is 13.9. The van der Waals surface area contributed by atoms with Crippen LogP contribution in [0.2, 0.25) is 0 Å². The molecule has 2 nitrogen and oxygen atoms in total. The van der Waals surface area contributed by atoms with Crippen LogP contribution in [0.1, 0.15) is 22.9 Å². The van der Waals surface area contributed by atoms with E-state index in [0.29, 0.717) is 6.42 Å². The quantitative estimate of drug-likeness (QED) is 0.772. The van der Waals surface area contributed by atoms with Crippen molar-refractivity contribution < 1.29 is 5.11 Å². The van der Waals surface area contributed by atoms with E-state index in [-0.39, 0.29) is 0 Å². The van der Waals surface area contributed by atoms with Gasteiger partial charge in [0.15, 0.2) is 0 Å². The zero-order valence-corrected chi connectivity index (χ0v) is 12.7. The van der Waals surface area contributed by atoms with Gasteiger partial charge in [0.05, 0.1) is 11.8 Å². The molecule has 1 unspecified atom stereocenters. The maximum absolute atomic E-state index is 10.2. The van der Waals surface area contributed by atoms with Crippen molar-refractivity contribution in [3.8, 4) is 10.6 Å². The Morgan fingerprint density at radius 1 is 1.15 bits per heavy atom. The Hall–Kier alpha value is -1.49. The largest absolute Gasteiger partial charge is 0.388 e. The summed E-state index contributed by atoms with van der Waals surface area (Å²) in [6.45, 7) is 2.10. The monoisotopic (exact) mass is 301 g/mol. The molecule has 0 fully saturated rings. The summed E-state index contributed by atoms with van der Waals surface area (Å²) in [6, 6.07) is 9.73. The van der Waals surface area contributed by atoms with Gasteiger partial charge in [0.2, 0.25) is 0 Å². The van der Waals surface area contributed by atoms with Crippen LogP contribution in [-0.2, 0) is 6.42 Å². The van der Waals surface area contributed by atoms with E-state index in [0.717, 1.165) is 16.3 Å². The molecule has 2 heterocycles. The number of rotatable bonds is 4. The van der Waals surface area contributed by atoms with Crippen LogP contribution in [0, 0.1) is 6.92 Å². The van der Waals surface area contributed by atoms with Crippen molar-refractivity contribution in [3.63, 3.8) is 0 Å². The Morgan fingerprint density at radius 2 is 1.95 bits per heavy atom. The third-order valence-electron chi connectivity index (χ3n) is 3.22. The normalized spacial score (nSPS) is 12.5. The summed E-state index contributed by atoms with van der Waals surface area (Å²) in [5.41, 5.74) is 4.36. The molecule has 0 radical (unpaired) electrons. The first kappa shape index (κ1) is 13.5. The van der Waals surface area contributed by atoms with Gasteiger partial charge in [-0.1, -0.05) is 30.3 Å².